The molecule has 35 heavy (non-hydrogen) atoms. The lowest BCUT2D eigenvalue weighted by Gasteiger charge is -2.31. The van der Waals surface area contributed by atoms with Gasteiger partial charge in [-0.25, -0.2) is 17.8 Å². The molecule has 0 unspecified atom stereocenters. The first-order chi connectivity index (χ1) is 16.7. The van der Waals surface area contributed by atoms with Crippen LogP contribution < -0.4 is 5.32 Å². The van der Waals surface area contributed by atoms with Crippen LogP contribution in [0.4, 0.5) is 4.39 Å². The number of nitrogens with zero attached hydrogens (tertiary/aromatic N) is 3. The monoisotopic (exact) mass is 498 g/mol. The Bertz CT molecular complexity index is 1280. The van der Waals surface area contributed by atoms with Crippen molar-refractivity contribution in [2.24, 2.45) is 13.0 Å². The Morgan fingerprint density at radius 2 is 1.77 bits per heavy atom. The van der Waals surface area contributed by atoms with Crippen LogP contribution >= 0.6 is 0 Å². The lowest BCUT2D eigenvalue weighted by Crippen LogP contribution is -2.44. The van der Waals surface area contributed by atoms with E-state index in [0.29, 0.717) is 30.1 Å². The number of amides is 1. The molecule has 3 aromatic rings. The number of aryl methyl sites for hydroxylation is 1. The Morgan fingerprint density at radius 1 is 1.09 bits per heavy atom. The molecule has 1 N–H and O–H groups in total. The molecule has 1 atom stereocenters. The minimum absolute atomic E-state index is 0.194. The normalized spacial score (nSPS) is 16.4. The molecule has 186 valence electrons. The van der Waals surface area contributed by atoms with Gasteiger partial charge < -0.3 is 9.88 Å². The average molecular weight is 499 g/mol. The molecule has 1 saturated heterocycles. The Balaban J connectivity index is 1.44. The summed E-state index contributed by atoms with van der Waals surface area (Å²) in [6, 6.07) is 12.5. The van der Waals surface area contributed by atoms with E-state index in [0.717, 1.165) is 5.56 Å². The maximum absolute atomic E-state index is 13.9. The second-order valence-corrected chi connectivity index (χ2v) is 11.2. The van der Waals surface area contributed by atoms with E-state index in [1.165, 1.54) is 16.4 Å². The summed E-state index contributed by atoms with van der Waals surface area (Å²) < 4.78 is 43.4. The number of nitrogens with one attached hydrogen (secondary N) is 1. The lowest BCUT2D eigenvalue weighted by molar-refractivity contribution is -0.126. The number of imidazole rings is 1. The highest BCUT2D eigenvalue weighted by Crippen LogP contribution is 2.27. The van der Waals surface area contributed by atoms with Gasteiger partial charge in [-0.1, -0.05) is 38.1 Å². The number of carbonyl (C=O) groups excluding carboxylic acids is 1. The Morgan fingerprint density at radius 3 is 2.34 bits per heavy atom. The summed E-state index contributed by atoms with van der Waals surface area (Å²) in [6.07, 6.45) is 4.22. The van der Waals surface area contributed by atoms with Crippen molar-refractivity contribution in [3.05, 3.63) is 83.7 Å². The number of aromatic nitrogens is 2. The molecule has 0 bridgehead atoms. The van der Waals surface area contributed by atoms with Crippen molar-refractivity contribution in [2.45, 2.75) is 43.5 Å². The fourth-order valence-corrected chi connectivity index (χ4v) is 5.90. The standard InChI is InChI=1S/C26H31FN4O3S/c1-18(2)19-7-9-23(10-8-19)35(33,34)31-14-11-20(12-15-31)26(32)29-24(25-28-13-16-30(25)3)21-5-4-6-22(27)17-21/h4-10,13,16-18,20,24H,11-12,14-15H2,1-3H3,(H,29,32)/t24-/m1/s1. The minimum atomic E-state index is -3.62. The number of benzene rings is 2. The largest absolute Gasteiger partial charge is 0.342 e. The molecule has 1 aliphatic rings. The highest BCUT2D eigenvalue weighted by Gasteiger charge is 2.33. The molecule has 2 aromatic carbocycles. The first-order valence-corrected chi connectivity index (χ1v) is 13.2. The molecular weight excluding hydrogens is 467 g/mol. The summed E-state index contributed by atoms with van der Waals surface area (Å²) in [4.78, 5) is 17.8. The third-order valence-electron chi connectivity index (χ3n) is 6.59. The highest BCUT2D eigenvalue weighted by atomic mass is 32.2. The Kier molecular flexibility index (Phi) is 7.37. The van der Waals surface area contributed by atoms with Gasteiger partial charge >= 0.3 is 0 Å². The van der Waals surface area contributed by atoms with E-state index in [9.17, 15) is 17.6 Å². The Hall–Kier alpha value is -3.04. The predicted molar refractivity (Wildman–Crippen MR) is 132 cm³/mol. The van der Waals surface area contributed by atoms with Gasteiger partial charge in [0.25, 0.3) is 0 Å². The quantitative estimate of drug-likeness (QED) is 0.534. The van der Waals surface area contributed by atoms with Gasteiger partial charge in [0.05, 0.1) is 4.90 Å². The van der Waals surface area contributed by atoms with Crippen LogP contribution in [0.15, 0.2) is 65.8 Å². The van der Waals surface area contributed by atoms with Crippen LogP contribution in [0.1, 0.15) is 55.6 Å². The summed E-state index contributed by atoms with van der Waals surface area (Å²) in [5.74, 6) is -0.0191. The molecule has 2 heterocycles. The molecule has 0 radical (unpaired) electrons. The van der Waals surface area contributed by atoms with Crippen LogP contribution in [-0.2, 0) is 21.9 Å². The lowest BCUT2D eigenvalue weighted by atomic mass is 9.96. The van der Waals surface area contributed by atoms with Crippen LogP contribution in [0.3, 0.4) is 0 Å². The van der Waals surface area contributed by atoms with E-state index in [-0.39, 0.29) is 29.8 Å². The number of halogens is 1. The summed E-state index contributed by atoms with van der Waals surface area (Å²) in [7, 11) is -1.80. The van der Waals surface area contributed by atoms with Crippen molar-refractivity contribution in [3.63, 3.8) is 0 Å². The van der Waals surface area contributed by atoms with Crippen LogP contribution in [0.25, 0.3) is 0 Å². The van der Waals surface area contributed by atoms with E-state index in [2.05, 4.69) is 24.1 Å². The van der Waals surface area contributed by atoms with Crippen molar-refractivity contribution >= 4 is 15.9 Å². The number of hydrogen-bond acceptors (Lipinski definition) is 4. The zero-order valence-corrected chi connectivity index (χ0v) is 21.0. The second kappa shape index (κ2) is 10.3. The van der Waals surface area contributed by atoms with Crippen LogP contribution in [0.2, 0.25) is 0 Å². The molecule has 0 spiro atoms. The van der Waals surface area contributed by atoms with Crippen LogP contribution in [0, 0.1) is 11.7 Å². The zero-order chi connectivity index (χ0) is 25.2. The molecule has 0 aliphatic carbocycles. The SMILES string of the molecule is CC(C)c1ccc(S(=O)(=O)N2CCC(C(=O)N[C@H](c3cccc(F)c3)c3nccn3C)CC2)cc1. The number of piperidine rings is 1. The molecule has 1 aromatic heterocycles. The van der Waals surface area contributed by atoms with Crippen molar-refractivity contribution in [2.75, 3.05) is 13.1 Å². The number of hydrogen-bond donors (Lipinski definition) is 1. The van der Waals surface area contributed by atoms with Crippen molar-refractivity contribution < 1.29 is 17.6 Å². The maximum Gasteiger partial charge on any atom is 0.243 e. The van der Waals surface area contributed by atoms with E-state index in [1.807, 2.05) is 19.2 Å². The van der Waals surface area contributed by atoms with Gasteiger partial charge in [-0.05, 0) is 54.2 Å². The topological polar surface area (TPSA) is 84.3 Å². The first-order valence-electron chi connectivity index (χ1n) is 11.8. The zero-order valence-electron chi connectivity index (χ0n) is 20.2. The maximum atomic E-state index is 13.9. The van der Waals surface area contributed by atoms with E-state index in [4.69, 9.17) is 0 Å². The molecule has 1 aliphatic heterocycles. The van der Waals surface area contributed by atoms with E-state index < -0.39 is 21.9 Å². The average Bonchev–Trinajstić information content (AvgIpc) is 3.28. The molecule has 1 amide bonds. The first kappa shape index (κ1) is 25.1. The number of rotatable bonds is 7. The fourth-order valence-electron chi connectivity index (χ4n) is 4.43. The molecule has 7 nitrogen and oxygen atoms in total. The summed E-state index contributed by atoms with van der Waals surface area (Å²) in [5.41, 5.74) is 1.68. The summed E-state index contributed by atoms with van der Waals surface area (Å²) in [6.45, 7) is 4.65. The predicted octanol–water partition coefficient (Wildman–Crippen LogP) is 3.99. The smallest absolute Gasteiger partial charge is 0.243 e. The molecular formula is C26H31FN4O3S. The van der Waals surface area contributed by atoms with Crippen molar-refractivity contribution in [1.29, 1.82) is 0 Å². The van der Waals surface area contributed by atoms with Gasteiger partial charge in [0.15, 0.2) is 0 Å². The second-order valence-electron chi connectivity index (χ2n) is 9.30. The van der Waals surface area contributed by atoms with Gasteiger partial charge in [0.1, 0.15) is 17.7 Å². The number of carbonyl (C=O) groups is 1. The van der Waals surface area contributed by atoms with Gasteiger partial charge in [0, 0.05) is 38.4 Å². The van der Waals surface area contributed by atoms with E-state index >= 15 is 0 Å². The highest BCUT2D eigenvalue weighted by molar-refractivity contribution is 7.89. The van der Waals surface area contributed by atoms with Gasteiger partial charge in [0.2, 0.25) is 15.9 Å². The molecule has 4 rings (SSSR count). The van der Waals surface area contributed by atoms with Crippen molar-refractivity contribution in [3.8, 4) is 0 Å². The molecule has 1 fully saturated rings. The minimum Gasteiger partial charge on any atom is -0.342 e. The van der Waals surface area contributed by atoms with Gasteiger partial charge in [-0.2, -0.15) is 4.31 Å². The summed E-state index contributed by atoms with van der Waals surface area (Å²) >= 11 is 0. The molecule has 9 heteroatoms. The van der Waals surface area contributed by atoms with Gasteiger partial charge in [-0.3, -0.25) is 4.79 Å². The number of sulfonamides is 1. The Labute approximate surface area is 206 Å². The third kappa shape index (κ3) is 5.46. The van der Waals surface area contributed by atoms with Gasteiger partial charge in [-0.15, -0.1) is 0 Å². The van der Waals surface area contributed by atoms with Crippen LogP contribution in [-0.4, -0.2) is 41.3 Å². The summed E-state index contributed by atoms with van der Waals surface area (Å²) in [5, 5.41) is 3.02. The molecule has 0 saturated carbocycles. The third-order valence-corrected chi connectivity index (χ3v) is 8.51. The fraction of sp³-hybridized carbons (Fsp3) is 0.385. The van der Waals surface area contributed by atoms with Crippen molar-refractivity contribution in [1.82, 2.24) is 19.2 Å². The van der Waals surface area contributed by atoms with Crippen LogP contribution in [0.5, 0.6) is 0 Å². The van der Waals surface area contributed by atoms with E-state index in [1.54, 1.807) is 41.2 Å².